The first-order chi connectivity index (χ1) is 9.27. The van der Waals surface area contributed by atoms with Gasteiger partial charge in [-0.2, -0.15) is 0 Å². The monoisotopic (exact) mass is 268 g/mol. The normalized spacial score (nSPS) is 10.4. The Morgan fingerprint density at radius 3 is 2.37 bits per heavy atom. The van der Waals surface area contributed by atoms with E-state index in [0.29, 0.717) is 38.6 Å². The predicted octanol–water partition coefficient (Wildman–Crippen LogP) is 0.470. The van der Waals surface area contributed by atoms with Crippen molar-refractivity contribution >= 4 is 5.91 Å². The molecule has 0 fully saturated rings. The van der Waals surface area contributed by atoms with Crippen molar-refractivity contribution in [1.29, 1.82) is 0 Å². The lowest BCUT2D eigenvalue weighted by Gasteiger charge is -2.06. The molecule has 0 spiro atoms. The van der Waals surface area contributed by atoms with E-state index in [9.17, 15) is 4.79 Å². The summed E-state index contributed by atoms with van der Waals surface area (Å²) in [5, 5.41) is 0. The number of amides is 1. The number of nitrogens with one attached hydrogen (secondary N) is 1. The number of hydrogen-bond acceptors (Lipinski definition) is 5. The molecule has 0 atom stereocenters. The molecule has 0 heterocycles. The zero-order valence-corrected chi connectivity index (χ0v) is 11.1. The molecule has 19 heavy (non-hydrogen) atoms. The third-order valence-electron chi connectivity index (χ3n) is 2.42. The van der Waals surface area contributed by atoms with E-state index in [-0.39, 0.29) is 5.91 Å². The summed E-state index contributed by atoms with van der Waals surface area (Å²) in [6, 6.07) is 7.07. The van der Waals surface area contributed by atoms with Crippen LogP contribution in [-0.2, 0) is 20.8 Å². The van der Waals surface area contributed by atoms with Gasteiger partial charge in [0.1, 0.15) is 0 Å². The molecule has 1 aromatic rings. The van der Waals surface area contributed by atoms with Gasteiger partial charge in [0.05, 0.1) is 33.0 Å². The van der Waals surface area contributed by atoms with Crippen molar-refractivity contribution in [2.75, 3.05) is 33.5 Å². The van der Waals surface area contributed by atoms with Crippen LogP contribution in [0.15, 0.2) is 24.3 Å². The number of methoxy groups -OCH3 is 1. The summed E-state index contributed by atoms with van der Waals surface area (Å²) in [6.45, 7) is 2.71. The van der Waals surface area contributed by atoms with E-state index in [2.05, 4.69) is 5.43 Å². The number of carbonyl (C=O) groups excluding carboxylic acids is 1. The molecule has 0 aliphatic carbocycles. The minimum absolute atomic E-state index is 0.306. The molecule has 0 saturated heterocycles. The summed E-state index contributed by atoms with van der Waals surface area (Å²) in [7, 11) is 1.63. The highest BCUT2D eigenvalue weighted by atomic mass is 16.5. The second kappa shape index (κ2) is 9.46. The minimum Gasteiger partial charge on any atom is -0.382 e. The Kier molecular flexibility index (Phi) is 7.76. The molecule has 0 aliphatic rings. The van der Waals surface area contributed by atoms with Gasteiger partial charge in [-0.15, -0.1) is 0 Å². The maximum absolute atomic E-state index is 11.2. The minimum atomic E-state index is -0.306. The van der Waals surface area contributed by atoms with E-state index in [0.717, 1.165) is 5.56 Å². The summed E-state index contributed by atoms with van der Waals surface area (Å²) >= 11 is 0. The number of rotatable bonds is 9. The molecule has 1 aromatic carbocycles. The van der Waals surface area contributed by atoms with Crippen LogP contribution in [0.3, 0.4) is 0 Å². The topological polar surface area (TPSA) is 82.8 Å². The number of carbonyl (C=O) groups is 1. The molecule has 0 bridgehead atoms. The van der Waals surface area contributed by atoms with Gasteiger partial charge >= 0.3 is 0 Å². The number of nitrogens with two attached hydrogens (primary N) is 1. The third kappa shape index (κ3) is 6.30. The first-order valence-electron chi connectivity index (χ1n) is 6.02. The third-order valence-corrected chi connectivity index (χ3v) is 2.42. The number of benzene rings is 1. The second-order valence-electron chi connectivity index (χ2n) is 3.83. The Morgan fingerprint density at radius 1 is 1.11 bits per heavy atom. The number of hydrazine groups is 1. The molecular formula is C13H20N2O4. The van der Waals surface area contributed by atoms with Crippen molar-refractivity contribution in [3.05, 3.63) is 35.4 Å². The SMILES string of the molecule is COCCOCCOCc1ccc(C(=O)NN)cc1. The molecule has 1 rings (SSSR count). The van der Waals surface area contributed by atoms with Gasteiger partial charge in [0.25, 0.3) is 5.91 Å². The first-order valence-corrected chi connectivity index (χ1v) is 6.02. The van der Waals surface area contributed by atoms with Gasteiger partial charge in [0.15, 0.2) is 0 Å². The number of ether oxygens (including phenoxy) is 3. The van der Waals surface area contributed by atoms with E-state index >= 15 is 0 Å². The predicted molar refractivity (Wildman–Crippen MR) is 70.4 cm³/mol. The van der Waals surface area contributed by atoms with E-state index in [1.54, 1.807) is 19.2 Å². The molecule has 106 valence electrons. The second-order valence-corrected chi connectivity index (χ2v) is 3.83. The van der Waals surface area contributed by atoms with Crippen LogP contribution in [0.1, 0.15) is 15.9 Å². The van der Waals surface area contributed by atoms with Gasteiger partial charge in [-0.05, 0) is 17.7 Å². The molecule has 6 heteroatoms. The van der Waals surface area contributed by atoms with Crippen LogP contribution in [0.2, 0.25) is 0 Å². The highest BCUT2D eigenvalue weighted by molar-refractivity contribution is 5.93. The summed E-state index contributed by atoms with van der Waals surface area (Å²) in [5.74, 6) is 4.74. The summed E-state index contributed by atoms with van der Waals surface area (Å²) in [5.41, 5.74) is 3.59. The van der Waals surface area contributed by atoms with E-state index in [4.69, 9.17) is 20.1 Å². The van der Waals surface area contributed by atoms with E-state index in [1.807, 2.05) is 12.1 Å². The Balaban J connectivity index is 2.18. The van der Waals surface area contributed by atoms with Crippen LogP contribution in [0, 0.1) is 0 Å². The van der Waals surface area contributed by atoms with Gasteiger partial charge in [-0.3, -0.25) is 10.2 Å². The molecule has 3 N–H and O–H groups in total. The highest BCUT2D eigenvalue weighted by Gasteiger charge is 2.02. The summed E-state index contributed by atoms with van der Waals surface area (Å²) in [4.78, 5) is 11.2. The molecule has 0 unspecified atom stereocenters. The van der Waals surface area contributed by atoms with Gasteiger partial charge in [0.2, 0.25) is 0 Å². The smallest absolute Gasteiger partial charge is 0.265 e. The van der Waals surface area contributed by atoms with Crippen LogP contribution >= 0.6 is 0 Å². The lowest BCUT2D eigenvalue weighted by molar-refractivity contribution is 0.0199. The van der Waals surface area contributed by atoms with Crippen LogP contribution in [0.25, 0.3) is 0 Å². The lowest BCUT2D eigenvalue weighted by Crippen LogP contribution is -2.29. The fourth-order valence-electron chi connectivity index (χ4n) is 1.39. The Morgan fingerprint density at radius 2 is 1.74 bits per heavy atom. The fraction of sp³-hybridized carbons (Fsp3) is 0.462. The zero-order valence-electron chi connectivity index (χ0n) is 11.1. The van der Waals surface area contributed by atoms with Crippen molar-refractivity contribution in [3.8, 4) is 0 Å². The van der Waals surface area contributed by atoms with Crippen LogP contribution in [-0.4, -0.2) is 39.4 Å². The lowest BCUT2D eigenvalue weighted by atomic mass is 10.1. The van der Waals surface area contributed by atoms with Crippen molar-refractivity contribution in [1.82, 2.24) is 5.43 Å². The van der Waals surface area contributed by atoms with Crippen LogP contribution in [0.5, 0.6) is 0 Å². The molecular weight excluding hydrogens is 248 g/mol. The molecule has 0 saturated carbocycles. The first kappa shape index (κ1) is 15.6. The van der Waals surface area contributed by atoms with Gasteiger partial charge in [0, 0.05) is 12.7 Å². The maximum atomic E-state index is 11.2. The van der Waals surface area contributed by atoms with Crippen molar-refractivity contribution in [2.24, 2.45) is 5.84 Å². The number of nitrogen functional groups attached to an aromatic ring is 1. The van der Waals surface area contributed by atoms with E-state index in [1.165, 1.54) is 0 Å². The number of hydrogen-bond donors (Lipinski definition) is 2. The van der Waals surface area contributed by atoms with Gasteiger partial charge in [-0.25, -0.2) is 5.84 Å². The Bertz CT molecular complexity index is 367. The van der Waals surface area contributed by atoms with Gasteiger partial charge in [-0.1, -0.05) is 12.1 Å². The van der Waals surface area contributed by atoms with Crippen molar-refractivity contribution in [3.63, 3.8) is 0 Å². The molecule has 0 radical (unpaired) electrons. The highest BCUT2D eigenvalue weighted by Crippen LogP contribution is 2.05. The average Bonchev–Trinajstić information content (AvgIpc) is 2.46. The summed E-state index contributed by atoms with van der Waals surface area (Å²) < 4.78 is 15.5. The van der Waals surface area contributed by atoms with E-state index < -0.39 is 0 Å². The largest absolute Gasteiger partial charge is 0.382 e. The van der Waals surface area contributed by atoms with Gasteiger partial charge < -0.3 is 14.2 Å². The zero-order chi connectivity index (χ0) is 13.9. The average molecular weight is 268 g/mol. The Hall–Kier alpha value is -1.47. The molecule has 6 nitrogen and oxygen atoms in total. The van der Waals surface area contributed by atoms with Crippen molar-refractivity contribution in [2.45, 2.75) is 6.61 Å². The van der Waals surface area contributed by atoms with Crippen LogP contribution < -0.4 is 11.3 Å². The Labute approximate surface area is 112 Å². The van der Waals surface area contributed by atoms with Crippen LogP contribution in [0.4, 0.5) is 0 Å². The summed E-state index contributed by atoms with van der Waals surface area (Å²) in [6.07, 6.45) is 0. The maximum Gasteiger partial charge on any atom is 0.265 e. The molecule has 1 amide bonds. The van der Waals surface area contributed by atoms with Crippen molar-refractivity contribution < 1.29 is 19.0 Å². The standard InChI is InChI=1S/C13H20N2O4/c1-17-6-7-18-8-9-19-10-11-2-4-12(5-3-11)13(16)15-14/h2-5H,6-10,14H2,1H3,(H,15,16). The molecule has 0 aromatic heterocycles. The molecule has 0 aliphatic heterocycles. The quantitative estimate of drug-likeness (QED) is 0.294. The fourth-order valence-corrected chi connectivity index (χ4v) is 1.39.